The normalized spacial score (nSPS) is 14.2. The molecule has 0 radical (unpaired) electrons. The number of carbonyl (C=O) groups is 1. The predicted octanol–water partition coefficient (Wildman–Crippen LogP) is 1.19. The Morgan fingerprint density at radius 2 is 2.22 bits per heavy atom. The van der Waals surface area contributed by atoms with Crippen molar-refractivity contribution in [1.29, 1.82) is 0 Å². The van der Waals surface area contributed by atoms with Crippen molar-refractivity contribution in [3.05, 3.63) is 18.0 Å². The molecule has 0 fully saturated rings. The number of amides is 1. The minimum Gasteiger partial charge on any atom is -0.350 e. The van der Waals surface area contributed by atoms with Crippen molar-refractivity contribution in [3.63, 3.8) is 0 Å². The van der Waals surface area contributed by atoms with Gasteiger partial charge in [0.2, 0.25) is 5.91 Å². The summed E-state index contributed by atoms with van der Waals surface area (Å²) in [6.45, 7) is 4.49. The van der Waals surface area contributed by atoms with Gasteiger partial charge in [0.15, 0.2) is 0 Å². The molecule has 5 nitrogen and oxygen atoms in total. The molecule has 2 atom stereocenters. The Morgan fingerprint density at radius 1 is 1.50 bits per heavy atom. The van der Waals surface area contributed by atoms with Crippen LogP contribution in [-0.4, -0.2) is 21.7 Å². The lowest BCUT2D eigenvalue weighted by Gasteiger charge is -2.13. The number of hydrogen-bond donors (Lipinski definition) is 2. The molecule has 0 saturated heterocycles. The zero-order valence-electron chi connectivity index (χ0n) is 11.5. The quantitative estimate of drug-likeness (QED) is 0.765. The SMILES string of the molecule is CC(N)CCCC(C)C(=O)NCc1ccnn1C. The minimum atomic E-state index is 0.0389. The predicted molar refractivity (Wildman–Crippen MR) is 71.7 cm³/mol. The molecule has 18 heavy (non-hydrogen) atoms. The molecular formula is C13H24N4O. The summed E-state index contributed by atoms with van der Waals surface area (Å²) >= 11 is 0. The lowest BCUT2D eigenvalue weighted by Crippen LogP contribution is -2.29. The number of rotatable bonds is 7. The monoisotopic (exact) mass is 252 g/mol. The molecular weight excluding hydrogens is 228 g/mol. The molecule has 0 aliphatic heterocycles. The molecule has 5 heteroatoms. The lowest BCUT2D eigenvalue weighted by molar-refractivity contribution is -0.124. The number of nitrogens with one attached hydrogen (secondary N) is 1. The summed E-state index contributed by atoms with van der Waals surface area (Å²) in [5.74, 6) is 0.137. The van der Waals surface area contributed by atoms with E-state index in [0.29, 0.717) is 6.54 Å². The van der Waals surface area contributed by atoms with E-state index in [0.717, 1.165) is 25.0 Å². The second kappa shape index (κ2) is 7.16. The van der Waals surface area contributed by atoms with E-state index < -0.39 is 0 Å². The van der Waals surface area contributed by atoms with Crippen molar-refractivity contribution in [2.45, 2.75) is 45.7 Å². The van der Waals surface area contributed by atoms with Crippen LogP contribution in [0.4, 0.5) is 0 Å². The number of nitrogens with zero attached hydrogens (tertiary/aromatic N) is 2. The third kappa shape index (κ3) is 4.87. The third-order valence-corrected chi connectivity index (χ3v) is 3.11. The van der Waals surface area contributed by atoms with Crippen molar-refractivity contribution in [1.82, 2.24) is 15.1 Å². The summed E-state index contributed by atoms with van der Waals surface area (Å²) in [6, 6.07) is 2.12. The zero-order valence-corrected chi connectivity index (χ0v) is 11.5. The van der Waals surface area contributed by atoms with E-state index in [9.17, 15) is 4.79 Å². The second-order valence-corrected chi connectivity index (χ2v) is 4.97. The van der Waals surface area contributed by atoms with Gasteiger partial charge >= 0.3 is 0 Å². The molecule has 0 aliphatic rings. The fourth-order valence-electron chi connectivity index (χ4n) is 1.80. The molecule has 1 amide bonds. The molecule has 0 spiro atoms. The molecule has 2 unspecified atom stereocenters. The highest BCUT2D eigenvalue weighted by atomic mass is 16.1. The fourth-order valence-corrected chi connectivity index (χ4v) is 1.80. The van der Waals surface area contributed by atoms with Gasteiger partial charge in [-0.2, -0.15) is 5.10 Å². The van der Waals surface area contributed by atoms with Gasteiger partial charge in [-0.3, -0.25) is 9.48 Å². The van der Waals surface area contributed by atoms with Crippen LogP contribution in [0.2, 0.25) is 0 Å². The molecule has 3 N–H and O–H groups in total. The van der Waals surface area contributed by atoms with Gasteiger partial charge in [0.25, 0.3) is 0 Å². The third-order valence-electron chi connectivity index (χ3n) is 3.11. The number of aromatic nitrogens is 2. The molecule has 102 valence electrons. The maximum atomic E-state index is 11.9. The summed E-state index contributed by atoms with van der Waals surface area (Å²) < 4.78 is 1.76. The number of carbonyl (C=O) groups excluding carboxylic acids is 1. The molecule has 1 heterocycles. The fraction of sp³-hybridized carbons (Fsp3) is 0.692. The maximum absolute atomic E-state index is 11.9. The molecule has 0 aliphatic carbocycles. The zero-order chi connectivity index (χ0) is 13.5. The second-order valence-electron chi connectivity index (χ2n) is 4.97. The molecule has 1 rings (SSSR count). The highest BCUT2D eigenvalue weighted by molar-refractivity contribution is 5.78. The van der Waals surface area contributed by atoms with Gasteiger partial charge in [0, 0.05) is 25.2 Å². The Bertz CT molecular complexity index is 373. The van der Waals surface area contributed by atoms with Crippen molar-refractivity contribution in [3.8, 4) is 0 Å². The van der Waals surface area contributed by atoms with Crippen molar-refractivity contribution < 1.29 is 4.79 Å². The summed E-state index contributed by atoms with van der Waals surface area (Å²) in [5, 5.41) is 6.99. The Kier molecular flexibility index (Phi) is 5.85. The van der Waals surface area contributed by atoms with Crippen LogP contribution in [0, 0.1) is 5.92 Å². The molecule has 1 aromatic rings. The topological polar surface area (TPSA) is 72.9 Å². The van der Waals surface area contributed by atoms with Crippen LogP contribution in [0.15, 0.2) is 12.3 Å². The first-order valence-electron chi connectivity index (χ1n) is 6.51. The highest BCUT2D eigenvalue weighted by Crippen LogP contribution is 2.09. The van der Waals surface area contributed by atoms with Gasteiger partial charge in [-0.15, -0.1) is 0 Å². The van der Waals surface area contributed by atoms with Gasteiger partial charge in [-0.05, 0) is 25.8 Å². The van der Waals surface area contributed by atoms with E-state index in [1.807, 2.05) is 27.0 Å². The lowest BCUT2D eigenvalue weighted by atomic mass is 10.0. The largest absolute Gasteiger partial charge is 0.350 e. The first-order valence-corrected chi connectivity index (χ1v) is 6.51. The standard InChI is InChI=1S/C13H24N4O/c1-10(5-4-6-11(2)14)13(18)15-9-12-7-8-16-17(12)3/h7-8,10-11H,4-6,9,14H2,1-3H3,(H,15,18). The Hall–Kier alpha value is -1.36. The van der Waals surface area contributed by atoms with Gasteiger partial charge in [-0.25, -0.2) is 0 Å². The van der Waals surface area contributed by atoms with Crippen LogP contribution >= 0.6 is 0 Å². The average Bonchev–Trinajstić information content (AvgIpc) is 2.71. The summed E-state index contributed by atoms with van der Waals surface area (Å²) in [4.78, 5) is 11.9. The van der Waals surface area contributed by atoms with E-state index in [2.05, 4.69) is 10.4 Å². The highest BCUT2D eigenvalue weighted by Gasteiger charge is 2.12. The number of hydrogen-bond acceptors (Lipinski definition) is 3. The van der Waals surface area contributed by atoms with Crippen LogP contribution in [0.1, 0.15) is 38.8 Å². The van der Waals surface area contributed by atoms with Gasteiger partial charge in [0.1, 0.15) is 0 Å². The van der Waals surface area contributed by atoms with Crippen LogP contribution in [0.5, 0.6) is 0 Å². The summed E-state index contributed by atoms with van der Waals surface area (Å²) in [7, 11) is 1.87. The van der Waals surface area contributed by atoms with E-state index in [4.69, 9.17) is 5.73 Å². The van der Waals surface area contributed by atoms with Gasteiger partial charge in [0.05, 0.1) is 12.2 Å². The average molecular weight is 252 g/mol. The van der Waals surface area contributed by atoms with Gasteiger partial charge in [-0.1, -0.05) is 13.3 Å². The summed E-state index contributed by atoms with van der Waals surface area (Å²) in [5.41, 5.74) is 6.69. The van der Waals surface area contributed by atoms with E-state index in [-0.39, 0.29) is 17.9 Å². The Balaban J connectivity index is 2.25. The smallest absolute Gasteiger partial charge is 0.223 e. The van der Waals surface area contributed by atoms with Gasteiger partial charge < -0.3 is 11.1 Å². The Morgan fingerprint density at radius 3 is 2.78 bits per heavy atom. The van der Waals surface area contributed by atoms with E-state index in [1.54, 1.807) is 10.9 Å². The molecule has 0 aromatic carbocycles. The van der Waals surface area contributed by atoms with Crippen molar-refractivity contribution in [2.24, 2.45) is 18.7 Å². The van der Waals surface area contributed by atoms with Crippen LogP contribution in [0.25, 0.3) is 0 Å². The Labute approximate surface area is 109 Å². The van der Waals surface area contributed by atoms with Crippen LogP contribution < -0.4 is 11.1 Å². The summed E-state index contributed by atoms with van der Waals surface area (Å²) in [6.07, 6.45) is 4.59. The number of aryl methyl sites for hydroxylation is 1. The minimum absolute atomic E-state index is 0.0389. The van der Waals surface area contributed by atoms with Crippen molar-refractivity contribution >= 4 is 5.91 Å². The molecule has 0 bridgehead atoms. The first kappa shape index (κ1) is 14.7. The number of nitrogens with two attached hydrogens (primary N) is 1. The van der Waals surface area contributed by atoms with Crippen molar-refractivity contribution in [2.75, 3.05) is 0 Å². The first-order chi connectivity index (χ1) is 8.50. The molecule has 0 saturated carbocycles. The van der Waals surface area contributed by atoms with E-state index >= 15 is 0 Å². The maximum Gasteiger partial charge on any atom is 0.223 e. The molecule has 1 aromatic heterocycles. The van der Waals surface area contributed by atoms with Crippen LogP contribution in [-0.2, 0) is 18.4 Å². The van der Waals surface area contributed by atoms with Crippen LogP contribution in [0.3, 0.4) is 0 Å². The van der Waals surface area contributed by atoms with E-state index in [1.165, 1.54) is 0 Å².